The average Bonchev–Trinajstić information content (AvgIpc) is 2.43. The van der Waals surface area contributed by atoms with E-state index in [1.165, 1.54) is 25.3 Å². The highest BCUT2D eigenvalue weighted by Crippen LogP contribution is 2.32. The van der Waals surface area contributed by atoms with Gasteiger partial charge in [-0.2, -0.15) is 0 Å². The van der Waals surface area contributed by atoms with E-state index in [1.807, 2.05) is 5.43 Å². The number of amides is 1. The van der Waals surface area contributed by atoms with E-state index in [1.54, 1.807) is 6.92 Å². The van der Waals surface area contributed by atoms with Crippen LogP contribution >= 0.6 is 0 Å². The summed E-state index contributed by atoms with van der Waals surface area (Å²) >= 11 is 0. The molecule has 0 aliphatic heterocycles. The molecule has 3 N–H and O–H groups in total. The summed E-state index contributed by atoms with van der Waals surface area (Å²) in [6.07, 6.45) is -0.566. The maximum absolute atomic E-state index is 11.4. The Labute approximate surface area is 109 Å². The molecule has 8 heteroatoms. The number of carbonyl (C=O) groups excluding carboxylic acids is 1. The first-order valence-corrected chi connectivity index (χ1v) is 5.53. The molecule has 0 saturated carbocycles. The first-order valence-electron chi connectivity index (χ1n) is 5.53. The summed E-state index contributed by atoms with van der Waals surface area (Å²) in [4.78, 5) is 21.7. The third kappa shape index (κ3) is 3.55. The molecule has 0 aliphatic rings. The molecule has 0 spiro atoms. The summed E-state index contributed by atoms with van der Waals surface area (Å²) in [5.74, 6) is 4.78. The molecule has 1 aromatic carbocycles. The summed E-state index contributed by atoms with van der Waals surface area (Å²) in [5.41, 5.74) is 1.67. The van der Waals surface area contributed by atoms with Crippen molar-refractivity contribution in [3.05, 3.63) is 28.3 Å². The van der Waals surface area contributed by atoms with Gasteiger partial charge in [0.2, 0.25) is 0 Å². The van der Waals surface area contributed by atoms with Crippen molar-refractivity contribution < 1.29 is 19.2 Å². The van der Waals surface area contributed by atoms with Crippen LogP contribution in [0.1, 0.15) is 13.3 Å². The fraction of sp³-hybridized carbons (Fsp3) is 0.364. The molecule has 0 fully saturated rings. The van der Waals surface area contributed by atoms with Gasteiger partial charge in [-0.05, 0) is 18.6 Å². The average molecular weight is 269 g/mol. The third-order valence-corrected chi connectivity index (χ3v) is 2.44. The van der Waals surface area contributed by atoms with Crippen LogP contribution in [0.15, 0.2) is 18.2 Å². The zero-order valence-electron chi connectivity index (χ0n) is 10.6. The second kappa shape index (κ2) is 6.55. The van der Waals surface area contributed by atoms with Crippen molar-refractivity contribution in [1.82, 2.24) is 5.43 Å². The number of methoxy groups -OCH3 is 1. The molecule has 0 bridgehead atoms. The molecule has 8 nitrogen and oxygen atoms in total. The molecule has 0 saturated heterocycles. The lowest BCUT2D eigenvalue weighted by Crippen LogP contribution is -2.41. The van der Waals surface area contributed by atoms with Crippen LogP contribution < -0.4 is 20.7 Å². The number of benzene rings is 1. The zero-order valence-corrected chi connectivity index (χ0v) is 10.6. The van der Waals surface area contributed by atoms with Gasteiger partial charge in [0, 0.05) is 0 Å². The van der Waals surface area contributed by atoms with Crippen molar-refractivity contribution in [2.24, 2.45) is 5.84 Å². The van der Waals surface area contributed by atoms with E-state index in [-0.39, 0.29) is 11.4 Å². The van der Waals surface area contributed by atoms with Gasteiger partial charge in [-0.1, -0.05) is 6.92 Å². The molecule has 1 atom stereocenters. The fourth-order valence-electron chi connectivity index (χ4n) is 1.43. The van der Waals surface area contributed by atoms with Gasteiger partial charge in [0.15, 0.2) is 11.9 Å². The maximum atomic E-state index is 11.4. The molecule has 19 heavy (non-hydrogen) atoms. The van der Waals surface area contributed by atoms with Crippen LogP contribution in [0.3, 0.4) is 0 Å². The number of carbonyl (C=O) groups is 1. The van der Waals surface area contributed by atoms with Crippen molar-refractivity contribution in [3.8, 4) is 11.5 Å². The van der Waals surface area contributed by atoms with E-state index in [4.69, 9.17) is 15.3 Å². The van der Waals surface area contributed by atoms with Gasteiger partial charge in [0.1, 0.15) is 5.75 Å². The molecule has 1 aromatic rings. The Bertz CT molecular complexity index is 477. The normalized spacial score (nSPS) is 11.5. The molecule has 0 aromatic heterocycles. The van der Waals surface area contributed by atoms with Crippen LogP contribution in [0.2, 0.25) is 0 Å². The number of nitrogens with zero attached hydrogens (tertiary/aromatic N) is 1. The molecular weight excluding hydrogens is 254 g/mol. The summed E-state index contributed by atoms with van der Waals surface area (Å²) in [6, 6.07) is 4.11. The highest BCUT2D eigenvalue weighted by Gasteiger charge is 2.23. The largest absolute Gasteiger partial charge is 0.496 e. The summed E-state index contributed by atoms with van der Waals surface area (Å²) in [5, 5.41) is 10.9. The first-order chi connectivity index (χ1) is 9.03. The number of nitro groups is 1. The molecule has 0 radical (unpaired) electrons. The van der Waals surface area contributed by atoms with Crippen molar-refractivity contribution in [2.75, 3.05) is 7.11 Å². The van der Waals surface area contributed by atoms with Crippen LogP contribution in [0.25, 0.3) is 0 Å². The second-order valence-corrected chi connectivity index (χ2v) is 3.61. The van der Waals surface area contributed by atoms with Gasteiger partial charge >= 0.3 is 5.69 Å². The molecule has 1 amide bonds. The zero-order chi connectivity index (χ0) is 14.4. The van der Waals surface area contributed by atoms with Gasteiger partial charge in [0.25, 0.3) is 5.91 Å². The Morgan fingerprint density at radius 1 is 1.58 bits per heavy atom. The Balaban J connectivity index is 3.05. The van der Waals surface area contributed by atoms with Gasteiger partial charge < -0.3 is 9.47 Å². The number of nitro benzene ring substituents is 1. The highest BCUT2D eigenvalue weighted by atomic mass is 16.6. The third-order valence-electron chi connectivity index (χ3n) is 2.44. The van der Waals surface area contributed by atoms with Crippen molar-refractivity contribution in [2.45, 2.75) is 19.4 Å². The summed E-state index contributed by atoms with van der Waals surface area (Å²) in [6.45, 7) is 1.70. The standard InChI is InChI=1S/C11H15N3O5/c1-3-9(11(15)13-12)19-10-5-4-7(18-2)6-8(10)14(16)17/h4-6,9H,3,12H2,1-2H3,(H,13,15). The number of ether oxygens (including phenoxy) is 2. The van der Waals surface area contributed by atoms with E-state index < -0.39 is 16.9 Å². The van der Waals surface area contributed by atoms with Crippen molar-refractivity contribution in [1.29, 1.82) is 0 Å². The monoisotopic (exact) mass is 269 g/mol. The Hall–Kier alpha value is -2.35. The van der Waals surface area contributed by atoms with Crippen LogP contribution in [-0.4, -0.2) is 24.0 Å². The highest BCUT2D eigenvalue weighted by molar-refractivity contribution is 5.80. The number of nitrogens with one attached hydrogen (secondary N) is 1. The first kappa shape index (κ1) is 14.7. The molecule has 104 valence electrons. The number of rotatable bonds is 6. The van der Waals surface area contributed by atoms with Crippen LogP contribution in [0.5, 0.6) is 11.5 Å². The number of hydrazine groups is 1. The lowest BCUT2D eigenvalue weighted by Gasteiger charge is -2.15. The summed E-state index contributed by atoms with van der Waals surface area (Å²) < 4.78 is 10.2. The minimum Gasteiger partial charge on any atom is -0.496 e. The predicted molar refractivity (Wildman–Crippen MR) is 66.7 cm³/mol. The van der Waals surface area contributed by atoms with E-state index in [0.717, 1.165) is 0 Å². The fourth-order valence-corrected chi connectivity index (χ4v) is 1.43. The number of hydrogen-bond acceptors (Lipinski definition) is 6. The lowest BCUT2D eigenvalue weighted by molar-refractivity contribution is -0.386. The minimum atomic E-state index is -0.892. The van der Waals surface area contributed by atoms with E-state index in [9.17, 15) is 14.9 Å². The molecule has 0 aliphatic carbocycles. The summed E-state index contributed by atoms with van der Waals surface area (Å²) in [7, 11) is 1.40. The van der Waals surface area contributed by atoms with Crippen LogP contribution in [0, 0.1) is 10.1 Å². The Morgan fingerprint density at radius 2 is 2.26 bits per heavy atom. The Kier molecular flexibility index (Phi) is 5.07. The van der Waals surface area contributed by atoms with Crippen molar-refractivity contribution in [3.63, 3.8) is 0 Å². The molecular formula is C11H15N3O5. The van der Waals surface area contributed by atoms with Gasteiger partial charge in [-0.25, -0.2) is 5.84 Å². The smallest absolute Gasteiger partial charge is 0.314 e. The number of nitrogens with two attached hydrogens (primary N) is 1. The van der Waals surface area contributed by atoms with E-state index in [0.29, 0.717) is 12.2 Å². The van der Waals surface area contributed by atoms with E-state index in [2.05, 4.69) is 0 Å². The minimum absolute atomic E-state index is 0.0127. The molecule has 1 rings (SSSR count). The molecule has 1 unspecified atom stereocenters. The van der Waals surface area contributed by atoms with Gasteiger partial charge in [-0.3, -0.25) is 20.3 Å². The number of hydrogen-bond donors (Lipinski definition) is 2. The molecule has 0 heterocycles. The Morgan fingerprint density at radius 3 is 2.74 bits per heavy atom. The van der Waals surface area contributed by atoms with E-state index >= 15 is 0 Å². The quantitative estimate of drug-likeness (QED) is 0.340. The van der Waals surface area contributed by atoms with Crippen molar-refractivity contribution >= 4 is 11.6 Å². The van der Waals surface area contributed by atoms with Gasteiger partial charge in [-0.15, -0.1) is 0 Å². The topological polar surface area (TPSA) is 117 Å². The van der Waals surface area contributed by atoms with Crippen LogP contribution in [0.4, 0.5) is 5.69 Å². The maximum Gasteiger partial charge on any atom is 0.314 e. The SMILES string of the molecule is CCC(Oc1ccc(OC)cc1[N+](=O)[O-])C(=O)NN. The lowest BCUT2D eigenvalue weighted by atomic mass is 10.2. The second-order valence-electron chi connectivity index (χ2n) is 3.61. The predicted octanol–water partition coefficient (Wildman–Crippen LogP) is 0.751. The van der Waals surface area contributed by atoms with Crippen LogP contribution in [-0.2, 0) is 4.79 Å². The van der Waals surface area contributed by atoms with Gasteiger partial charge in [0.05, 0.1) is 18.1 Å².